The van der Waals surface area contributed by atoms with Crippen LogP contribution in [0.15, 0.2) is 30.3 Å². The minimum Gasteiger partial charge on any atom is -0.508 e. The smallest absolute Gasteiger partial charge is 0.340 e. The molecule has 1 unspecified atom stereocenters. The maximum absolute atomic E-state index is 13.2. The fourth-order valence-electron chi connectivity index (χ4n) is 4.54. The molecule has 1 spiro atoms. The number of carboxylic acids is 1. The molecule has 0 radical (unpaired) electrons. The van der Waals surface area contributed by atoms with E-state index in [9.17, 15) is 24.9 Å². The van der Waals surface area contributed by atoms with Crippen molar-refractivity contribution in [2.24, 2.45) is 0 Å². The zero-order chi connectivity index (χ0) is 23.1. The third-order valence-corrected chi connectivity index (χ3v) is 6.65. The van der Waals surface area contributed by atoms with Gasteiger partial charge in [-0.05, 0) is 43.2 Å². The van der Waals surface area contributed by atoms with E-state index in [2.05, 4.69) is 0 Å². The number of phenols is 2. The Labute approximate surface area is 191 Å². The van der Waals surface area contributed by atoms with Crippen molar-refractivity contribution in [3.63, 3.8) is 0 Å². The Morgan fingerprint density at radius 1 is 0.969 bits per heavy atom. The molecule has 2 aliphatic heterocycles. The first-order chi connectivity index (χ1) is 15.1. The van der Waals surface area contributed by atoms with Gasteiger partial charge < -0.3 is 24.8 Å². The Hall–Kier alpha value is -3.42. The highest BCUT2D eigenvalue weighted by molar-refractivity contribution is 6.36. The molecule has 1 atom stereocenters. The van der Waals surface area contributed by atoms with Crippen LogP contribution in [0.4, 0.5) is 0 Å². The number of esters is 1. The molecule has 5 rings (SSSR count). The van der Waals surface area contributed by atoms with E-state index in [-0.39, 0.29) is 55.3 Å². The number of hydrogen-bond donors (Lipinski definition) is 3. The van der Waals surface area contributed by atoms with E-state index in [1.807, 2.05) is 0 Å². The number of fused-ring (bicyclic) bond motifs is 6. The number of rotatable bonds is 1. The lowest BCUT2D eigenvalue weighted by Crippen LogP contribution is -2.34. The summed E-state index contributed by atoms with van der Waals surface area (Å²) in [6.07, 6.45) is 0. The molecule has 9 heteroatoms. The molecule has 2 heterocycles. The number of aromatic carboxylic acids is 1. The molecular weight excluding hydrogens is 459 g/mol. The number of halogens is 2. The largest absolute Gasteiger partial charge is 0.508 e. The average Bonchev–Trinajstić information content (AvgIpc) is 2.98. The standard InChI is InChI=1S/C23H14Cl2O7/c1-8-9(2)17(21(28)29)20(25)19-16(8)22(30)32-23(19)12-4-3-10(26)6-14(12)31-15-7-11(27)5-13(24)18(15)23/h3-7,26-27H,1-2H3,(H,28,29). The second kappa shape index (κ2) is 6.54. The number of phenolic OH excluding ortho intramolecular Hbond substituents is 2. The number of carbonyl (C=O) groups excluding carboxylic acids is 1. The predicted octanol–water partition coefficient (Wildman–Crippen LogP) is 5.29. The Morgan fingerprint density at radius 2 is 1.66 bits per heavy atom. The van der Waals surface area contributed by atoms with Crippen molar-refractivity contribution < 1.29 is 34.4 Å². The maximum Gasteiger partial charge on any atom is 0.340 e. The second-order valence-corrected chi connectivity index (χ2v) is 8.43. The summed E-state index contributed by atoms with van der Waals surface area (Å²) >= 11 is 13.2. The van der Waals surface area contributed by atoms with Gasteiger partial charge in [-0.25, -0.2) is 9.59 Å². The van der Waals surface area contributed by atoms with Gasteiger partial charge in [0.25, 0.3) is 0 Å². The molecule has 3 aromatic rings. The summed E-state index contributed by atoms with van der Waals surface area (Å²) < 4.78 is 11.9. The Balaban J connectivity index is 2.02. The third-order valence-electron chi connectivity index (χ3n) is 5.97. The molecule has 0 amide bonds. The van der Waals surface area contributed by atoms with Crippen molar-refractivity contribution in [1.82, 2.24) is 0 Å². The molecule has 7 nitrogen and oxygen atoms in total. The van der Waals surface area contributed by atoms with Gasteiger partial charge in [-0.2, -0.15) is 0 Å². The molecular formula is C23H14Cl2O7. The molecule has 162 valence electrons. The van der Waals surface area contributed by atoms with Crippen LogP contribution in [0, 0.1) is 13.8 Å². The zero-order valence-corrected chi connectivity index (χ0v) is 18.1. The quantitative estimate of drug-likeness (QED) is 0.412. The van der Waals surface area contributed by atoms with Crippen LogP contribution in [0.2, 0.25) is 10.0 Å². The van der Waals surface area contributed by atoms with Crippen molar-refractivity contribution in [3.05, 3.63) is 79.3 Å². The monoisotopic (exact) mass is 472 g/mol. The van der Waals surface area contributed by atoms with Gasteiger partial charge in [0.2, 0.25) is 0 Å². The summed E-state index contributed by atoms with van der Waals surface area (Å²) in [4.78, 5) is 25.3. The molecule has 2 aliphatic rings. The minimum atomic E-state index is -1.76. The fourth-order valence-corrected chi connectivity index (χ4v) is 5.33. The Bertz CT molecular complexity index is 1400. The summed E-state index contributed by atoms with van der Waals surface area (Å²) in [6.45, 7) is 3.19. The van der Waals surface area contributed by atoms with Gasteiger partial charge in [-0.1, -0.05) is 23.2 Å². The molecule has 3 aromatic carbocycles. The molecule has 32 heavy (non-hydrogen) atoms. The van der Waals surface area contributed by atoms with Gasteiger partial charge in [0.1, 0.15) is 23.0 Å². The van der Waals surface area contributed by atoms with E-state index in [1.165, 1.54) is 30.3 Å². The number of ether oxygens (including phenoxy) is 2. The van der Waals surface area contributed by atoms with Gasteiger partial charge in [-0.3, -0.25) is 0 Å². The lowest BCUT2D eigenvalue weighted by atomic mass is 9.75. The van der Waals surface area contributed by atoms with Gasteiger partial charge in [0.05, 0.1) is 26.7 Å². The zero-order valence-electron chi connectivity index (χ0n) is 16.6. The highest BCUT2D eigenvalue weighted by Gasteiger charge is 2.57. The van der Waals surface area contributed by atoms with E-state index in [0.29, 0.717) is 16.7 Å². The van der Waals surface area contributed by atoms with E-state index in [0.717, 1.165) is 0 Å². The molecule has 0 aliphatic carbocycles. The lowest BCUT2D eigenvalue weighted by Gasteiger charge is -2.37. The highest BCUT2D eigenvalue weighted by atomic mass is 35.5. The number of aromatic hydroxyl groups is 2. The summed E-state index contributed by atoms with van der Waals surface area (Å²) in [6, 6.07) is 6.73. The van der Waals surface area contributed by atoms with Gasteiger partial charge in [0, 0.05) is 23.3 Å². The van der Waals surface area contributed by atoms with Crippen molar-refractivity contribution in [2.75, 3.05) is 0 Å². The van der Waals surface area contributed by atoms with Crippen molar-refractivity contribution in [3.8, 4) is 23.0 Å². The first-order valence-electron chi connectivity index (χ1n) is 9.42. The van der Waals surface area contributed by atoms with Crippen LogP contribution in [-0.2, 0) is 10.3 Å². The molecule has 3 N–H and O–H groups in total. The summed E-state index contributed by atoms with van der Waals surface area (Å²) in [5, 5.41) is 29.8. The Morgan fingerprint density at radius 3 is 2.34 bits per heavy atom. The van der Waals surface area contributed by atoms with Crippen LogP contribution in [0.3, 0.4) is 0 Å². The van der Waals surface area contributed by atoms with Gasteiger partial charge >= 0.3 is 11.9 Å². The van der Waals surface area contributed by atoms with Crippen molar-refractivity contribution >= 4 is 35.1 Å². The molecule has 0 saturated heterocycles. The van der Waals surface area contributed by atoms with E-state index < -0.39 is 17.5 Å². The normalized spacial score (nSPS) is 17.9. The number of hydrogen-bond acceptors (Lipinski definition) is 6. The number of carbonyl (C=O) groups is 2. The van der Waals surface area contributed by atoms with Crippen molar-refractivity contribution in [1.29, 1.82) is 0 Å². The second-order valence-electron chi connectivity index (χ2n) is 7.65. The van der Waals surface area contributed by atoms with Gasteiger partial charge in [0.15, 0.2) is 5.60 Å². The number of carboxylic acid groups (broad SMARTS) is 1. The summed E-state index contributed by atoms with van der Waals surface area (Å²) in [7, 11) is 0. The summed E-state index contributed by atoms with van der Waals surface area (Å²) in [5.41, 5.74) is -0.441. The minimum absolute atomic E-state index is 0.0190. The fraction of sp³-hybridized carbons (Fsp3) is 0.130. The van der Waals surface area contributed by atoms with Crippen LogP contribution in [0.1, 0.15) is 48.5 Å². The van der Waals surface area contributed by atoms with Crippen LogP contribution in [-0.4, -0.2) is 27.3 Å². The molecule has 0 aromatic heterocycles. The van der Waals surface area contributed by atoms with Gasteiger partial charge in [-0.15, -0.1) is 0 Å². The van der Waals surface area contributed by atoms with E-state index >= 15 is 0 Å². The van der Waals surface area contributed by atoms with Crippen LogP contribution in [0.25, 0.3) is 0 Å². The molecule has 0 saturated carbocycles. The maximum atomic E-state index is 13.2. The number of benzene rings is 3. The average molecular weight is 473 g/mol. The Kier molecular flexibility index (Phi) is 4.19. The topological polar surface area (TPSA) is 113 Å². The molecule has 0 fully saturated rings. The van der Waals surface area contributed by atoms with E-state index in [4.69, 9.17) is 32.7 Å². The van der Waals surface area contributed by atoms with Crippen LogP contribution >= 0.6 is 23.2 Å². The van der Waals surface area contributed by atoms with Crippen LogP contribution < -0.4 is 4.74 Å². The highest BCUT2D eigenvalue weighted by Crippen LogP contribution is 2.61. The van der Waals surface area contributed by atoms with Crippen LogP contribution in [0.5, 0.6) is 23.0 Å². The lowest BCUT2D eigenvalue weighted by molar-refractivity contribution is 0.0224. The first kappa shape index (κ1) is 20.5. The van der Waals surface area contributed by atoms with Crippen molar-refractivity contribution in [2.45, 2.75) is 19.4 Å². The SMILES string of the molecule is Cc1c(C)c2c(c(Cl)c1C(=O)O)C1(OC2=O)c2ccc(O)cc2Oc2cc(O)cc(Cl)c21. The predicted molar refractivity (Wildman–Crippen MR) is 114 cm³/mol. The third kappa shape index (κ3) is 2.43. The summed E-state index contributed by atoms with van der Waals surface area (Å²) in [5.74, 6) is -2.09. The molecule has 0 bridgehead atoms. The first-order valence-corrected chi connectivity index (χ1v) is 10.2. The van der Waals surface area contributed by atoms with E-state index in [1.54, 1.807) is 13.8 Å².